The molecule has 9 heteroatoms. The number of ether oxygens (including phenoxy) is 3. The van der Waals surface area contributed by atoms with Gasteiger partial charge in [-0.3, -0.25) is 14.2 Å². The van der Waals surface area contributed by atoms with Gasteiger partial charge >= 0.3 is 0 Å². The van der Waals surface area contributed by atoms with Crippen molar-refractivity contribution in [3.8, 4) is 17.2 Å². The topological polar surface area (TPSA) is 91.2 Å². The smallest absolute Gasteiger partial charge is 0.271 e. The number of fused-ring (bicyclic) bond motifs is 1. The van der Waals surface area contributed by atoms with Crippen molar-refractivity contribution >= 4 is 29.0 Å². The van der Waals surface area contributed by atoms with Crippen molar-refractivity contribution in [3.63, 3.8) is 0 Å². The molecule has 0 fully saturated rings. The van der Waals surface area contributed by atoms with Crippen molar-refractivity contribution < 1.29 is 19.0 Å². The standard InChI is InChI=1S/C30H27N3O5S/c1-18-26(28(34)32-21-8-6-5-7-9-21)27(19-10-12-22(36-2)13-11-19)33-29(35)25(39-30(33)31-18)17-20-16-23(37-3)14-15-24(20)38-4/h5-17,27H,1-4H3,(H,32,34)/b25-17+/t27-/m1/s1. The quantitative estimate of drug-likeness (QED) is 0.383. The SMILES string of the molecule is COc1ccc([C@@H]2C(C(=O)Nc3ccccc3)=C(C)N=c3s/c(=C/c4cc(OC)ccc4OC)c(=O)n32)cc1. The molecule has 8 nitrogen and oxygen atoms in total. The third-order valence-corrected chi connectivity index (χ3v) is 7.44. The molecule has 0 saturated heterocycles. The summed E-state index contributed by atoms with van der Waals surface area (Å²) in [7, 11) is 4.75. The fourth-order valence-corrected chi connectivity index (χ4v) is 5.56. The second-order valence-electron chi connectivity index (χ2n) is 8.78. The lowest BCUT2D eigenvalue weighted by Gasteiger charge is -2.25. The van der Waals surface area contributed by atoms with Crippen molar-refractivity contribution in [2.75, 3.05) is 26.6 Å². The van der Waals surface area contributed by atoms with Crippen LogP contribution in [0.15, 0.2) is 93.9 Å². The number of carbonyl (C=O) groups is 1. The largest absolute Gasteiger partial charge is 0.497 e. The maximum absolute atomic E-state index is 13.9. The zero-order valence-corrected chi connectivity index (χ0v) is 22.7. The molecule has 1 aromatic heterocycles. The van der Waals surface area contributed by atoms with Gasteiger partial charge in [0.1, 0.15) is 17.2 Å². The zero-order valence-electron chi connectivity index (χ0n) is 21.9. The number of methoxy groups -OCH3 is 3. The van der Waals surface area contributed by atoms with Gasteiger partial charge in [-0.2, -0.15) is 0 Å². The highest BCUT2D eigenvalue weighted by Gasteiger charge is 2.32. The number of rotatable bonds is 7. The number of amides is 1. The Morgan fingerprint density at radius 2 is 1.64 bits per heavy atom. The number of allylic oxidation sites excluding steroid dienone is 1. The minimum absolute atomic E-state index is 0.262. The normalized spacial score (nSPS) is 14.9. The minimum Gasteiger partial charge on any atom is -0.497 e. The second-order valence-corrected chi connectivity index (χ2v) is 9.79. The van der Waals surface area contributed by atoms with E-state index in [1.54, 1.807) is 51.0 Å². The van der Waals surface area contributed by atoms with Gasteiger partial charge in [0.25, 0.3) is 11.5 Å². The lowest BCUT2D eigenvalue weighted by atomic mass is 9.95. The first kappa shape index (κ1) is 26.0. The van der Waals surface area contributed by atoms with E-state index in [1.807, 2.05) is 60.7 Å². The maximum Gasteiger partial charge on any atom is 0.271 e. The predicted octanol–water partition coefficient (Wildman–Crippen LogP) is 3.90. The van der Waals surface area contributed by atoms with Crippen LogP contribution in [-0.2, 0) is 4.79 Å². The number of anilines is 1. The number of benzene rings is 3. The highest BCUT2D eigenvalue weighted by atomic mass is 32.1. The van der Waals surface area contributed by atoms with Crippen LogP contribution in [0.3, 0.4) is 0 Å². The summed E-state index contributed by atoms with van der Waals surface area (Å²) in [6, 6.07) is 21.2. The van der Waals surface area contributed by atoms with E-state index in [0.29, 0.717) is 49.1 Å². The van der Waals surface area contributed by atoms with Gasteiger partial charge in [0.2, 0.25) is 0 Å². The molecule has 1 N–H and O–H groups in total. The number of carbonyl (C=O) groups excluding carboxylic acids is 1. The zero-order chi connectivity index (χ0) is 27.5. The van der Waals surface area contributed by atoms with E-state index in [1.165, 1.54) is 11.3 Å². The van der Waals surface area contributed by atoms with Gasteiger partial charge in [-0.1, -0.05) is 41.7 Å². The molecule has 1 aliphatic heterocycles. The third-order valence-electron chi connectivity index (χ3n) is 6.45. The molecule has 0 aliphatic carbocycles. The lowest BCUT2D eigenvalue weighted by molar-refractivity contribution is -0.113. The van der Waals surface area contributed by atoms with Crippen molar-refractivity contribution in [3.05, 3.63) is 115 Å². The van der Waals surface area contributed by atoms with E-state index in [2.05, 4.69) is 5.32 Å². The molecule has 5 rings (SSSR count). The molecule has 3 aromatic carbocycles. The summed E-state index contributed by atoms with van der Waals surface area (Å²) < 4.78 is 18.2. The Labute approximate surface area is 229 Å². The van der Waals surface area contributed by atoms with Gasteiger partial charge in [0, 0.05) is 11.3 Å². The molecule has 39 heavy (non-hydrogen) atoms. The molecule has 2 heterocycles. The second kappa shape index (κ2) is 11.0. The van der Waals surface area contributed by atoms with Crippen LogP contribution >= 0.6 is 11.3 Å². The first-order chi connectivity index (χ1) is 18.9. The molecule has 1 atom stereocenters. The van der Waals surface area contributed by atoms with E-state index in [0.717, 1.165) is 5.56 Å². The fraction of sp³-hybridized carbons (Fsp3) is 0.167. The maximum atomic E-state index is 13.9. The van der Waals surface area contributed by atoms with Crippen LogP contribution in [0.25, 0.3) is 6.08 Å². The monoisotopic (exact) mass is 541 g/mol. The van der Waals surface area contributed by atoms with Crippen molar-refractivity contribution in [2.24, 2.45) is 4.99 Å². The number of nitrogens with one attached hydrogen (secondary N) is 1. The predicted molar refractivity (Wildman–Crippen MR) is 151 cm³/mol. The number of hydrogen-bond donors (Lipinski definition) is 1. The van der Waals surface area contributed by atoms with Gasteiger partial charge in [-0.15, -0.1) is 0 Å². The molecule has 1 amide bonds. The summed E-state index contributed by atoms with van der Waals surface area (Å²) >= 11 is 1.26. The number of aromatic nitrogens is 1. The molecule has 0 spiro atoms. The summed E-state index contributed by atoms with van der Waals surface area (Å²) in [5.74, 6) is 1.59. The van der Waals surface area contributed by atoms with Crippen LogP contribution in [0.1, 0.15) is 24.1 Å². The molecular formula is C30H27N3O5S. The van der Waals surface area contributed by atoms with E-state index in [9.17, 15) is 9.59 Å². The Hall–Kier alpha value is -4.63. The average molecular weight is 542 g/mol. The Bertz CT molecular complexity index is 1740. The van der Waals surface area contributed by atoms with Crippen LogP contribution in [-0.4, -0.2) is 31.8 Å². The summed E-state index contributed by atoms with van der Waals surface area (Å²) in [5.41, 5.74) is 2.77. The average Bonchev–Trinajstić information content (AvgIpc) is 3.26. The van der Waals surface area contributed by atoms with E-state index in [-0.39, 0.29) is 11.5 Å². The Morgan fingerprint density at radius 3 is 2.31 bits per heavy atom. The number of nitrogens with zero attached hydrogens (tertiary/aromatic N) is 2. The summed E-state index contributed by atoms with van der Waals surface area (Å²) in [4.78, 5) is 32.8. The molecule has 1 aliphatic rings. The molecular weight excluding hydrogens is 514 g/mol. The Balaban J connectivity index is 1.69. The van der Waals surface area contributed by atoms with Crippen molar-refractivity contribution in [1.29, 1.82) is 0 Å². The van der Waals surface area contributed by atoms with E-state index < -0.39 is 6.04 Å². The van der Waals surface area contributed by atoms with Crippen molar-refractivity contribution in [1.82, 2.24) is 4.57 Å². The van der Waals surface area contributed by atoms with Crippen LogP contribution in [0.4, 0.5) is 5.69 Å². The first-order valence-electron chi connectivity index (χ1n) is 12.2. The Morgan fingerprint density at radius 1 is 0.949 bits per heavy atom. The highest BCUT2D eigenvalue weighted by Crippen LogP contribution is 2.32. The van der Waals surface area contributed by atoms with Gasteiger partial charge in [-0.25, -0.2) is 4.99 Å². The molecule has 198 valence electrons. The molecule has 0 bridgehead atoms. The summed E-state index contributed by atoms with van der Waals surface area (Å²) in [6.45, 7) is 1.79. The van der Waals surface area contributed by atoms with Gasteiger partial charge in [-0.05, 0) is 61.0 Å². The van der Waals surface area contributed by atoms with Crippen LogP contribution in [0.2, 0.25) is 0 Å². The van der Waals surface area contributed by atoms with Crippen LogP contribution in [0.5, 0.6) is 17.2 Å². The van der Waals surface area contributed by atoms with Crippen LogP contribution < -0.4 is 34.4 Å². The first-order valence-corrected chi connectivity index (χ1v) is 13.0. The van der Waals surface area contributed by atoms with E-state index in [4.69, 9.17) is 19.2 Å². The summed E-state index contributed by atoms with van der Waals surface area (Å²) in [5, 5.41) is 2.96. The van der Waals surface area contributed by atoms with Crippen LogP contribution in [0, 0.1) is 0 Å². The van der Waals surface area contributed by atoms with Gasteiger partial charge in [0.15, 0.2) is 4.80 Å². The molecule has 4 aromatic rings. The fourth-order valence-electron chi connectivity index (χ4n) is 4.53. The number of para-hydroxylation sites is 1. The highest BCUT2D eigenvalue weighted by molar-refractivity contribution is 7.07. The molecule has 0 saturated carbocycles. The van der Waals surface area contributed by atoms with E-state index >= 15 is 0 Å². The van der Waals surface area contributed by atoms with Gasteiger partial charge < -0.3 is 19.5 Å². The third kappa shape index (κ3) is 5.08. The summed E-state index contributed by atoms with van der Waals surface area (Å²) in [6.07, 6.45) is 1.76. The van der Waals surface area contributed by atoms with Gasteiger partial charge in [0.05, 0.1) is 43.2 Å². The Kier molecular flexibility index (Phi) is 7.33. The number of hydrogen-bond acceptors (Lipinski definition) is 7. The lowest BCUT2D eigenvalue weighted by Crippen LogP contribution is -2.40. The molecule has 0 unspecified atom stereocenters. The number of thiazole rings is 1. The minimum atomic E-state index is -0.690. The molecule has 0 radical (unpaired) electrons. The van der Waals surface area contributed by atoms with Crippen molar-refractivity contribution in [2.45, 2.75) is 13.0 Å².